The van der Waals surface area contributed by atoms with E-state index in [1.165, 1.54) is 16.5 Å². The molecule has 1 radical (unpaired) electrons. The molecule has 2 aliphatic rings. The summed E-state index contributed by atoms with van der Waals surface area (Å²) in [5, 5.41) is 2.28. The van der Waals surface area contributed by atoms with Crippen molar-refractivity contribution in [3.8, 4) is 11.3 Å². The fourth-order valence-electron chi connectivity index (χ4n) is 4.87. The van der Waals surface area contributed by atoms with E-state index in [9.17, 15) is 0 Å². The molecule has 2 aromatic heterocycles. The van der Waals surface area contributed by atoms with Crippen molar-refractivity contribution in [1.82, 2.24) is 4.98 Å². The fourth-order valence-corrected chi connectivity index (χ4v) is 6.23. The zero-order valence-electron chi connectivity index (χ0n) is 27.7. The number of fused-ring (bicyclic) bond motifs is 3. The van der Waals surface area contributed by atoms with Crippen LogP contribution < -0.4 is 0 Å². The molecule has 2 nitrogen and oxygen atoms in total. The third-order valence-corrected chi connectivity index (χ3v) is 7.91. The maximum absolute atomic E-state index is 9.13. The molecule has 1 fully saturated rings. The predicted molar refractivity (Wildman–Crippen MR) is 157 cm³/mol. The van der Waals surface area contributed by atoms with E-state index < -0.39 is 18.7 Å². The first kappa shape index (κ1) is 19.2. The average molecular weight is 698 g/mol. The van der Waals surface area contributed by atoms with Gasteiger partial charge in [0, 0.05) is 41.3 Å². The van der Waals surface area contributed by atoms with Crippen molar-refractivity contribution < 1.29 is 29.7 Å². The smallest absolute Gasteiger partial charge is 0.0826 e. The Balaban J connectivity index is 0.000000202. The minimum absolute atomic E-state index is 0. The molecule has 3 heterocycles. The van der Waals surface area contributed by atoms with Crippen LogP contribution in [0.1, 0.15) is 71.5 Å². The second kappa shape index (κ2) is 12.8. The summed E-state index contributed by atoms with van der Waals surface area (Å²) < 4.78 is 57.9. The standard InChI is InChI=1S/C23H20NS.C11H10N.Ir/c1-2-8-16(9-3-1)17-10-6-11-18-19-12-7-13-20(23(19)25-22(17)18)21-14-4-5-15-24-21;1-2-6-10(7-3-1)11-8-4-5-9-12-11;/h4-7,10-12,14-16H,1-3,8-9H2;1-3,5-6,9H,4,8H2;/q2*-1;/i4D,14D,16D;4D,5D,8D,9D;. The normalized spacial score (nSPS) is 23.3. The van der Waals surface area contributed by atoms with E-state index in [0.29, 0.717) is 17.0 Å². The van der Waals surface area contributed by atoms with Gasteiger partial charge in [-0.1, -0.05) is 61.0 Å². The summed E-state index contributed by atoms with van der Waals surface area (Å²) in [6.07, 6.45) is 4.70. The van der Waals surface area contributed by atoms with Gasteiger partial charge in [-0.25, -0.2) is 0 Å². The maximum Gasteiger partial charge on any atom is 0.0826 e. The molecule has 1 aliphatic heterocycles. The van der Waals surface area contributed by atoms with Crippen molar-refractivity contribution in [2.45, 2.75) is 50.8 Å². The van der Waals surface area contributed by atoms with Crippen molar-refractivity contribution >= 4 is 37.2 Å². The Morgan fingerprint density at radius 3 is 2.71 bits per heavy atom. The van der Waals surface area contributed by atoms with Gasteiger partial charge in [0.1, 0.15) is 0 Å². The van der Waals surface area contributed by atoms with Gasteiger partial charge in [-0.15, -0.1) is 59.7 Å². The fraction of sp³-hybridized carbons (Fsp3) is 0.235. The van der Waals surface area contributed by atoms with Gasteiger partial charge in [0.25, 0.3) is 0 Å². The molecule has 1 saturated carbocycles. The van der Waals surface area contributed by atoms with E-state index in [2.05, 4.69) is 46.4 Å². The molecule has 0 N–H and O–H groups in total. The van der Waals surface area contributed by atoms with Crippen LogP contribution in [0.5, 0.6) is 0 Å². The first-order valence-electron chi connectivity index (χ1n) is 16.2. The summed E-state index contributed by atoms with van der Waals surface area (Å²) in [5.74, 6) is -0.511. The van der Waals surface area contributed by atoms with Gasteiger partial charge in [-0.2, -0.15) is 11.3 Å². The summed E-state index contributed by atoms with van der Waals surface area (Å²) in [5.41, 5.74) is 3.39. The van der Waals surface area contributed by atoms with E-state index >= 15 is 0 Å². The van der Waals surface area contributed by atoms with Crippen LogP contribution >= 0.6 is 11.3 Å². The van der Waals surface area contributed by atoms with E-state index in [1.54, 1.807) is 47.9 Å². The van der Waals surface area contributed by atoms with Crippen LogP contribution in [-0.4, -0.2) is 10.7 Å². The molecule has 0 bridgehead atoms. The number of aromatic nitrogens is 1. The molecule has 5 aromatic rings. The molecule has 7 rings (SSSR count). The van der Waals surface area contributed by atoms with Gasteiger partial charge in [-0.3, -0.25) is 0 Å². The Labute approximate surface area is 252 Å². The second-order valence-corrected chi connectivity index (χ2v) is 9.99. The van der Waals surface area contributed by atoms with Crippen LogP contribution in [0.4, 0.5) is 0 Å². The predicted octanol–water partition coefficient (Wildman–Crippen LogP) is 9.55. The van der Waals surface area contributed by atoms with Crippen molar-refractivity contribution in [1.29, 1.82) is 0 Å². The average Bonchev–Trinajstić information content (AvgIpc) is 3.43. The van der Waals surface area contributed by atoms with Crippen molar-refractivity contribution in [3.05, 3.63) is 114 Å². The van der Waals surface area contributed by atoms with Crippen molar-refractivity contribution in [2.24, 2.45) is 4.99 Å². The zero-order valence-corrected chi connectivity index (χ0v) is 23.9. The largest absolute Gasteiger partial charge is 0.309 e. The molecule has 1 aliphatic carbocycles. The number of nitrogens with zero attached hydrogens (tertiary/aromatic N) is 2. The first-order chi connectivity index (χ1) is 21.2. The third-order valence-electron chi connectivity index (χ3n) is 6.64. The van der Waals surface area contributed by atoms with E-state index in [-0.39, 0.29) is 44.4 Å². The van der Waals surface area contributed by atoms with Gasteiger partial charge in [-0.05, 0) is 64.7 Å². The Morgan fingerprint density at radius 1 is 0.947 bits per heavy atom. The number of aliphatic imine (C=N–C) groups is 1. The summed E-state index contributed by atoms with van der Waals surface area (Å²) in [6.45, 7) is 0. The Bertz CT molecular complexity index is 1900. The topological polar surface area (TPSA) is 25.2 Å². The molecule has 2 unspecified atom stereocenters. The number of thiophene rings is 1. The van der Waals surface area contributed by atoms with Crippen LogP contribution in [0.3, 0.4) is 0 Å². The minimum Gasteiger partial charge on any atom is -0.309 e. The third kappa shape index (κ3) is 5.73. The zero-order chi connectivity index (χ0) is 31.0. The van der Waals surface area contributed by atoms with Crippen LogP contribution in [0.15, 0.2) is 96.2 Å². The first-order valence-corrected chi connectivity index (χ1v) is 13.4. The number of allylic oxidation sites excluding steroid dienone is 1. The second-order valence-electron chi connectivity index (χ2n) is 8.97. The molecular formula is C34H30IrN2S-2. The van der Waals surface area contributed by atoms with E-state index in [0.717, 1.165) is 46.9 Å². The molecule has 0 spiro atoms. The summed E-state index contributed by atoms with van der Waals surface area (Å²) >= 11 is 1.68. The minimum atomic E-state index is -1.03. The van der Waals surface area contributed by atoms with Gasteiger partial charge in [0.15, 0.2) is 0 Å². The number of rotatable bonds is 3. The summed E-state index contributed by atoms with van der Waals surface area (Å²) in [4.78, 5) is 8.29. The molecule has 2 atom stereocenters. The summed E-state index contributed by atoms with van der Waals surface area (Å²) in [6, 6.07) is 25.2. The Morgan fingerprint density at radius 2 is 1.84 bits per heavy atom. The van der Waals surface area contributed by atoms with E-state index in [4.69, 9.17) is 9.60 Å². The molecule has 0 amide bonds. The number of hydrogen-bond acceptors (Lipinski definition) is 3. The number of hydrogen-bond donors (Lipinski definition) is 0. The monoisotopic (exact) mass is 698 g/mol. The SMILES string of the molecule is [2H]C1=C([2H])C([2H])C([2H])C(c2[c-]cccc2)=N1.[2H]c1ccnc(-c2[c-]ccc3c2sc2c(C4([2H])CCCCC4)cccc23)c1[2H].[Ir]. The maximum atomic E-state index is 9.13. The summed E-state index contributed by atoms with van der Waals surface area (Å²) in [7, 11) is 0. The number of pyridine rings is 1. The van der Waals surface area contributed by atoms with Gasteiger partial charge < -0.3 is 9.98 Å². The van der Waals surface area contributed by atoms with E-state index in [1.807, 2.05) is 6.07 Å². The van der Waals surface area contributed by atoms with Gasteiger partial charge in [0.05, 0.1) is 5.48 Å². The van der Waals surface area contributed by atoms with Crippen molar-refractivity contribution in [3.63, 3.8) is 0 Å². The Hall–Kier alpha value is -2.91. The van der Waals surface area contributed by atoms with Gasteiger partial charge >= 0.3 is 0 Å². The number of benzene rings is 3. The van der Waals surface area contributed by atoms with Crippen LogP contribution in [0, 0.1) is 12.1 Å². The molecule has 0 saturated heterocycles. The molecule has 3 aromatic carbocycles. The molecular weight excluding hydrogens is 661 g/mol. The van der Waals surface area contributed by atoms with Gasteiger partial charge in [0.2, 0.25) is 0 Å². The van der Waals surface area contributed by atoms with Crippen LogP contribution in [0.25, 0.3) is 31.4 Å². The van der Waals surface area contributed by atoms with Crippen LogP contribution in [-0.2, 0) is 20.1 Å². The Kier molecular flexibility index (Phi) is 6.44. The van der Waals surface area contributed by atoms with Crippen molar-refractivity contribution in [2.75, 3.05) is 0 Å². The quantitative estimate of drug-likeness (QED) is 0.173. The molecule has 193 valence electrons. The molecule has 38 heavy (non-hydrogen) atoms. The molecule has 4 heteroatoms. The van der Waals surface area contributed by atoms with Crippen LogP contribution in [0.2, 0.25) is 0 Å².